The third-order valence-electron chi connectivity index (χ3n) is 2.91. The molecular formula is C14H14O5S. The third kappa shape index (κ3) is 3.08. The van der Waals surface area contributed by atoms with Crippen LogP contribution in [0.15, 0.2) is 50.7 Å². The molecule has 0 radical (unpaired) electrons. The Labute approximate surface area is 116 Å². The SMILES string of the molecule is Cc1ccccc1S(=O)(=O)CCc1cc(=O)c(O)co1. The molecule has 20 heavy (non-hydrogen) atoms. The van der Waals surface area contributed by atoms with E-state index in [0.717, 1.165) is 12.3 Å². The summed E-state index contributed by atoms with van der Waals surface area (Å²) in [6.45, 7) is 1.73. The molecule has 0 aliphatic heterocycles. The first kappa shape index (κ1) is 14.3. The number of sulfone groups is 1. The van der Waals surface area contributed by atoms with E-state index >= 15 is 0 Å². The molecule has 1 heterocycles. The minimum atomic E-state index is -3.44. The fourth-order valence-corrected chi connectivity index (χ4v) is 3.36. The zero-order chi connectivity index (χ0) is 14.8. The Bertz CT molecular complexity index is 774. The third-order valence-corrected chi connectivity index (χ3v) is 4.78. The van der Waals surface area contributed by atoms with E-state index in [0.29, 0.717) is 5.56 Å². The molecule has 1 N–H and O–H groups in total. The van der Waals surface area contributed by atoms with E-state index in [1.807, 2.05) is 0 Å². The van der Waals surface area contributed by atoms with Gasteiger partial charge in [0.1, 0.15) is 12.0 Å². The van der Waals surface area contributed by atoms with E-state index < -0.39 is 21.0 Å². The van der Waals surface area contributed by atoms with Gasteiger partial charge < -0.3 is 9.52 Å². The van der Waals surface area contributed by atoms with Crippen molar-refractivity contribution < 1.29 is 17.9 Å². The van der Waals surface area contributed by atoms with E-state index in [2.05, 4.69) is 0 Å². The van der Waals surface area contributed by atoms with Crippen LogP contribution >= 0.6 is 0 Å². The second-order valence-corrected chi connectivity index (χ2v) is 6.51. The highest BCUT2D eigenvalue weighted by molar-refractivity contribution is 7.91. The molecule has 0 unspecified atom stereocenters. The lowest BCUT2D eigenvalue weighted by Crippen LogP contribution is -2.11. The largest absolute Gasteiger partial charge is 0.502 e. The lowest BCUT2D eigenvalue weighted by Gasteiger charge is -2.07. The van der Waals surface area contributed by atoms with Gasteiger partial charge in [-0.2, -0.15) is 0 Å². The highest BCUT2D eigenvalue weighted by atomic mass is 32.2. The quantitative estimate of drug-likeness (QED) is 0.927. The van der Waals surface area contributed by atoms with Crippen LogP contribution in [0.4, 0.5) is 0 Å². The topological polar surface area (TPSA) is 84.6 Å². The molecule has 106 valence electrons. The molecule has 0 aliphatic carbocycles. The predicted octanol–water partition coefficient (Wildman–Crippen LogP) is 1.67. The second kappa shape index (κ2) is 5.50. The van der Waals surface area contributed by atoms with Crippen LogP contribution < -0.4 is 5.43 Å². The average molecular weight is 294 g/mol. The molecule has 2 aromatic rings. The second-order valence-electron chi connectivity index (χ2n) is 4.43. The minimum Gasteiger partial charge on any atom is -0.502 e. The van der Waals surface area contributed by atoms with Gasteiger partial charge in [-0.05, 0) is 18.6 Å². The number of aryl methyl sites for hydroxylation is 2. The Morgan fingerprint density at radius 1 is 1.25 bits per heavy atom. The van der Waals surface area contributed by atoms with Gasteiger partial charge in [0, 0.05) is 12.5 Å². The van der Waals surface area contributed by atoms with E-state index in [4.69, 9.17) is 9.52 Å². The van der Waals surface area contributed by atoms with Crippen molar-refractivity contribution in [3.05, 3.63) is 58.1 Å². The first-order valence-electron chi connectivity index (χ1n) is 5.99. The highest BCUT2D eigenvalue weighted by Crippen LogP contribution is 2.17. The fraction of sp³-hybridized carbons (Fsp3) is 0.214. The Balaban J connectivity index is 2.20. The first-order valence-corrected chi connectivity index (χ1v) is 7.64. The number of rotatable bonds is 4. The molecule has 2 rings (SSSR count). The summed E-state index contributed by atoms with van der Waals surface area (Å²) in [7, 11) is -3.44. The van der Waals surface area contributed by atoms with Crippen LogP contribution in [-0.4, -0.2) is 19.3 Å². The van der Waals surface area contributed by atoms with Crippen molar-refractivity contribution in [3.63, 3.8) is 0 Å². The Morgan fingerprint density at radius 2 is 1.95 bits per heavy atom. The van der Waals surface area contributed by atoms with Crippen molar-refractivity contribution in [3.8, 4) is 5.75 Å². The van der Waals surface area contributed by atoms with Gasteiger partial charge in [-0.3, -0.25) is 4.79 Å². The number of hydrogen-bond donors (Lipinski definition) is 1. The monoisotopic (exact) mass is 294 g/mol. The first-order chi connectivity index (χ1) is 9.40. The van der Waals surface area contributed by atoms with E-state index in [9.17, 15) is 13.2 Å². The van der Waals surface area contributed by atoms with Crippen LogP contribution in [0.3, 0.4) is 0 Å². The zero-order valence-corrected chi connectivity index (χ0v) is 11.7. The molecule has 1 aromatic carbocycles. The lowest BCUT2D eigenvalue weighted by atomic mass is 10.2. The normalized spacial score (nSPS) is 11.4. The van der Waals surface area contributed by atoms with Gasteiger partial charge in [0.05, 0.1) is 10.6 Å². The molecular weight excluding hydrogens is 280 g/mol. The molecule has 0 atom stereocenters. The molecule has 0 fully saturated rings. The van der Waals surface area contributed by atoms with Gasteiger partial charge in [-0.15, -0.1) is 0 Å². The van der Waals surface area contributed by atoms with Gasteiger partial charge >= 0.3 is 0 Å². The molecule has 5 nitrogen and oxygen atoms in total. The van der Waals surface area contributed by atoms with Crippen LogP contribution in [0, 0.1) is 6.92 Å². The summed E-state index contributed by atoms with van der Waals surface area (Å²) in [5.41, 5.74) is 0.0965. The molecule has 0 amide bonds. The van der Waals surface area contributed by atoms with E-state index in [1.165, 1.54) is 0 Å². The van der Waals surface area contributed by atoms with Crippen molar-refractivity contribution in [1.29, 1.82) is 0 Å². The van der Waals surface area contributed by atoms with Crippen LogP contribution in [0.1, 0.15) is 11.3 Å². The van der Waals surface area contributed by atoms with Crippen LogP contribution in [0.25, 0.3) is 0 Å². The molecule has 0 saturated heterocycles. The Hall–Kier alpha value is -2.08. The van der Waals surface area contributed by atoms with Crippen molar-refractivity contribution in [2.24, 2.45) is 0 Å². The van der Waals surface area contributed by atoms with Gasteiger partial charge in [0.15, 0.2) is 15.6 Å². The average Bonchev–Trinajstić information content (AvgIpc) is 2.40. The maximum atomic E-state index is 12.2. The maximum Gasteiger partial charge on any atom is 0.226 e. The van der Waals surface area contributed by atoms with Gasteiger partial charge in [0.2, 0.25) is 5.43 Å². The van der Waals surface area contributed by atoms with E-state index in [1.54, 1.807) is 31.2 Å². The molecule has 0 saturated carbocycles. The van der Waals surface area contributed by atoms with Crippen molar-refractivity contribution in [2.75, 3.05) is 5.75 Å². The number of benzene rings is 1. The number of aromatic hydroxyl groups is 1. The minimum absolute atomic E-state index is 0.0756. The van der Waals surface area contributed by atoms with Crippen molar-refractivity contribution in [1.82, 2.24) is 0 Å². The zero-order valence-electron chi connectivity index (χ0n) is 10.9. The molecule has 1 aromatic heterocycles. The molecule has 0 spiro atoms. The number of hydrogen-bond acceptors (Lipinski definition) is 5. The van der Waals surface area contributed by atoms with Crippen molar-refractivity contribution in [2.45, 2.75) is 18.2 Å². The standard InChI is InChI=1S/C14H14O5S/c1-10-4-2-3-5-14(10)20(17,18)7-6-11-8-12(15)13(16)9-19-11/h2-5,8-9,16H,6-7H2,1H3. The summed E-state index contributed by atoms with van der Waals surface area (Å²) in [6.07, 6.45) is 0.990. The lowest BCUT2D eigenvalue weighted by molar-refractivity contribution is 0.415. The summed E-state index contributed by atoms with van der Waals surface area (Å²) in [5.74, 6) is -0.425. The summed E-state index contributed by atoms with van der Waals surface area (Å²) in [5, 5.41) is 9.06. The summed E-state index contributed by atoms with van der Waals surface area (Å²) in [6, 6.07) is 7.82. The summed E-state index contributed by atoms with van der Waals surface area (Å²) < 4.78 is 29.4. The summed E-state index contributed by atoms with van der Waals surface area (Å²) in [4.78, 5) is 11.5. The molecule has 6 heteroatoms. The van der Waals surface area contributed by atoms with E-state index in [-0.39, 0.29) is 22.8 Å². The fourth-order valence-electron chi connectivity index (χ4n) is 1.83. The Kier molecular flexibility index (Phi) is 3.94. The molecule has 0 aliphatic rings. The van der Waals surface area contributed by atoms with Gasteiger partial charge in [0.25, 0.3) is 0 Å². The predicted molar refractivity (Wildman–Crippen MR) is 73.6 cm³/mol. The summed E-state index contributed by atoms with van der Waals surface area (Å²) >= 11 is 0. The van der Waals surface area contributed by atoms with Crippen molar-refractivity contribution >= 4 is 9.84 Å². The van der Waals surface area contributed by atoms with Crippen LogP contribution in [0.5, 0.6) is 5.75 Å². The maximum absolute atomic E-state index is 12.2. The van der Waals surface area contributed by atoms with Crippen LogP contribution in [-0.2, 0) is 16.3 Å². The Morgan fingerprint density at radius 3 is 2.60 bits per heavy atom. The molecule has 0 bridgehead atoms. The van der Waals surface area contributed by atoms with Gasteiger partial charge in [-0.1, -0.05) is 18.2 Å². The van der Waals surface area contributed by atoms with Crippen LogP contribution in [0.2, 0.25) is 0 Å². The van der Waals surface area contributed by atoms with Gasteiger partial charge in [-0.25, -0.2) is 8.42 Å². The highest BCUT2D eigenvalue weighted by Gasteiger charge is 2.17. The smallest absolute Gasteiger partial charge is 0.226 e.